The summed E-state index contributed by atoms with van der Waals surface area (Å²) in [6.45, 7) is 1.44. The lowest BCUT2D eigenvalue weighted by Gasteiger charge is -2.16. The molecule has 88 valence electrons. The van der Waals surface area contributed by atoms with Crippen LogP contribution in [0, 0.1) is 12.7 Å². The van der Waals surface area contributed by atoms with E-state index in [4.69, 9.17) is 5.73 Å². The number of aryl methyl sites for hydroxylation is 1. The lowest BCUT2D eigenvalue weighted by atomic mass is 10.1. The molecule has 1 rings (SSSR count). The summed E-state index contributed by atoms with van der Waals surface area (Å²) < 4.78 is 12.9. The van der Waals surface area contributed by atoms with Crippen LogP contribution < -0.4 is 5.73 Å². The van der Waals surface area contributed by atoms with Gasteiger partial charge in [0.2, 0.25) is 5.91 Å². The van der Waals surface area contributed by atoms with Gasteiger partial charge in [-0.1, -0.05) is 0 Å². The van der Waals surface area contributed by atoms with Crippen LogP contribution in [0.5, 0.6) is 0 Å². The second-order valence-corrected chi connectivity index (χ2v) is 3.49. The van der Waals surface area contributed by atoms with Crippen LogP contribution in [0.4, 0.5) is 4.39 Å². The SMILES string of the molecule is Cc1nc(C(O)C(O)CC(N)=O)ccc1F. The molecule has 0 saturated heterocycles. The number of carbonyl (C=O) groups excluding carboxylic acids is 1. The second kappa shape index (κ2) is 5.00. The summed E-state index contributed by atoms with van der Waals surface area (Å²) in [5, 5.41) is 19.0. The number of primary amides is 1. The Bertz CT molecular complexity index is 398. The summed E-state index contributed by atoms with van der Waals surface area (Å²) in [7, 11) is 0. The molecule has 0 saturated carbocycles. The molecule has 4 N–H and O–H groups in total. The molecule has 6 heteroatoms. The highest BCUT2D eigenvalue weighted by molar-refractivity contribution is 5.74. The van der Waals surface area contributed by atoms with Gasteiger partial charge in [-0.25, -0.2) is 4.39 Å². The number of pyridine rings is 1. The third kappa shape index (κ3) is 2.98. The van der Waals surface area contributed by atoms with E-state index in [1.807, 2.05) is 0 Å². The maximum absolute atomic E-state index is 12.9. The number of nitrogens with two attached hydrogens (primary N) is 1. The van der Waals surface area contributed by atoms with Crippen LogP contribution in [-0.4, -0.2) is 27.2 Å². The maximum Gasteiger partial charge on any atom is 0.220 e. The third-order valence-electron chi connectivity index (χ3n) is 2.12. The van der Waals surface area contributed by atoms with Crippen LogP contribution in [0.2, 0.25) is 0 Å². The zero-order valence-electron chi connectivity index (χ0n) is 8.72. The van der Waals surface area contributed by atoms with E-state index in [0.717, 1.165) is 6.07 Å². The predicted molar refractivity (Wildman–Crippen MR) is 53.7 cm³/mol. The van der Waals surface area contributed by atoms with Gasteiger partial charge in [0.05, 0.1) is 23.9 Å². The summed E-state index contributed by atoms with van der Waals surface area (Å²) in [5.41, 5.74) is 5.09. The molecule has 0 aliphatic heterocycles. The van der Waals surface area contributed by atoms with Crippen molar-refractivity contribution in [2.24, 2.45) is 5.73 Å². The van der Waals surface area contributed by atoms with E-state index in [1.54, 1.807) is 0 Å². The van der Waals surface area contributed by atoms with Gasteiger partial charge in [0.1, 0.15) is 11.9 Å². The van der Waals surface area contributed by atoms with Gasteiger partial charge in [-0.3, -0.25) is 9.78 Å². The highest BCUT2D eigenvalue weighted by Crippen LogP contribution is 2.18. The van der Waals surface area contributed by atoms with Crippen molar-refractivity contribution >= 4 is 5.91 Å². The van der Waals surface area contributed by atoms with Crippen molar-refractivity contribution in [1.29, 1.82) is 0 Å². The Balaban J connectivity index is 2.83. The van der Waals surface area contributed by atoms with Crippen molar-refractivity contribution < 1.29 is 19.4 Å². The van der Waals surface area contributed by atoms with Crippen LogP contribution in [-0.2, 0) is 4.79 Å². The molecule has 1 amide bonds. The van der Waals surface area contributed by atoms with E-state index in [1.165, 1.54) is 13.0 Å². The van der Waals surface area contributed by atoms with Gasteiger partial charge < -0.3 is 15.9 Å². The fraction of sp³-hybridized carbons (Fsp3) is 0.400. The van der Waals surface area contributed by atoms with Crippen molar-refractivity contribution in [3.63, 3.8) is 0 Å². The third-order valence-corrected chi connectivity index (χ3v) is 2.12. The smallest absolute Gasteiger partial charge is 0.220 e. The normalized spacial score (nSPS) is 14.5. The van der Waals surface area contributed by atoms with Gasteiger partial charge >= 0.3 is 0 Å². The monoisotopic (exact) mass is 228 g/mol. The Morgan fingerprint density at radius 2 is 2.19 bits per heavy atom. The molecule has 0 spiro atoms. The molecule has 0 radical (unpaired) electrons. The van der Waals surface area contributed by atoms with Gasteiger partial charge in [-0.2, -0.15) is 0 Å². The molecule has 0 bridgehead atoms. The lowest BCUT2D eigenvalue weighted by molar-refractivity contribution is -0.121. The Labute approximate surface area is 91.7 Å². The van der Waals surface area contributed by atoms with Crippen LogP contribution in [0.1, 0.15) is 23.9 Å². The summed E-state index contributed by atoms with van der Waals surface area (Å²) >= 11 is 0. The Morgan fingerprint density at radius 3 is 2.69 bits per heavy atom. The zero-order valence-corrected chi connectivity index (χ0v) is 8.72. The maximum atomic E-state index is 12.9. The number of aromatic nitrogens is 1. The van der Waals surface area contributed by atoms with E-state index < -0.39 is 23.9 Å². The van der Waals surface area contributed by atoms with E-state index in [2.05, 4.69) is 4.98 Å². The molecule has 2 atom stereocenters. The minimum atomic E-state index is -1.35. The number of hydrogen-bond acceptors (Lipinski definition) is 4. The molecule has 0 aliphatic carbocycles. The quantitative estimate of drug-likeness (QED) is 0.664. The van der Waals surface area contributed by atoms with E-state index >= 15 is 0 Å². The number of aliphatic hydroxyl groups excluding tert-OH is 2. The number of halogens is 1. The Kier molecular flexibility index (Phi) is 3.92. The molecule has 16 heavy (non-hydrogen) atoms. The van der Waals surface area contributed by atoms with Crippen molar-refractivity contribution in [3.8, 4) is 0 Å². The molecule has 1 aromatic rings. The van der Waals surface area contributed by atoms with Gasteiger partial charge in [0.25, 0.3) is 0 Å². The standard InChI is InChI=1S/C10H13FN2O3/c1-5-6(11)2-3-7(13-5)10(16)8(14)4-9(12)15/h2-3,8,10,14,16H,4H2,1H3,(H2,12,15). The average molecular weight is 228 g/mol. The number of carbonyl (C=O) groups is 1. The van der Waals surface area contributed by atoms with Crippen LogP contribution in [0.3, 0.4) is 0 Å². The first-order valence-corrected chi connectivity index (χ1v) is 4.69. The second-order valence-electron chi connectivity index (χ2n) is 3.49. The van der Waals surface area contributed by atoms with Gasteiger partial charge in [-0.15, -0.1) is 0 Å². The molecular formula is C10H13FN2O3. The summed E-state index contributed by atoms with van der Waals surface area (Å²) in [6, 6.07) is 2.38. The molecule has 5 nitrogen and oxygen atoms in total. The molecule has 1 aromatic heterocycles. The minimum absolute atomic E-state index is 0.104. The first-order chi connectivity index (χ1) is 7.41. The van der Waals surface area contributed by atoms with Crippen molar-refractivity contribution in [2.75, 3.05) is 0 Å². The topological polar surface area (TPSA) is 96.4 Å². The summed E-state index contributed by atoms with van der Waals surface area (Å²) in [5.74, 6) is -1.23. The van der Waals surface area contributed by atoms with Crippen molar-refractivity contribution in [2.45, 2.75) is 25.6 Å². The average Bonchev–Trinajstić information content (AvgIpc) is 2.20. The van der Waals surface area contributed by atoms with Crippen LogP contribution in [0.25, 0.3) is 0 Å². The number of amides is 1. The van der Waals surface area contributed by atoms with Crippen LogP contribution >= 0.6 is 0 Å². The molecule has 2 unspecified atom stereocenters. The largest absolute Gasteiger partial charge is 0.389 e. The predicted octanol–water partition coefficient (Wildman–Crippen LogP) is -0.201. The van der Waals surface area contributed by atoms with Crippen LogP contribution in [0.15, 0.2) is 12.1 Å². The molecular weight excluding hydrogens is 215 g/mol. The number of hydrogen-bond donors (Lipinski definition) is 3. The van der Waals surface area contributed by atoms with Crippen molar-refractivity contribution in [3.05, 3.63) is 29.3 Å². The Morgan fingerprint density at radius 1 is 1.56 bits per heavy atom. The molecule has 0 aliphatic rings. The van der Waals surface area contributed by atoms with Crippen molar-refractivity contribution in [1.82, 2.24) is 4.98 Å². The van der Waals surface area contributed by atoms with Gasteiger partial charge in [-0.05, 0) is 19.1 Å². The Hall–Kier alpha value is -1.53. The fourth-order valence-electron chi connectivity index (χ4n) is 1.24. The highest BCUT2D eigenvalue weighted by Gasteiger charge is 2.21. The number of nitrogens with zero attached hydrogens (tertiary/aromatic N) is 1. The number of rotatable bonds is 4. The van der Waals surface area contributed by atoms with E-state index in [0.29, 0.717) is 0 Å². The molecule has 1 heterocycles. The minimum Gasteiger partial charge on any atom is -0.389 e. The summed E-state index contributed by atoms with van der Waals surface area (Å²) in [6.07, 6.45) is -3.07. The zero-order chi connectivity index (χ0) is 12.3. The first-order valence-electron chi connectivity index (χ1n) is 4.69. The molecule has 0 aromatic carbocycles. The lowest BCUT2D eigenvalue weighted by Crippen LogP contribution is -2.26. The summed E-state index contributed by atoms with van der Waals surface area (Å²) in [4.78, 5) is 14.3. The first kappa shape index (κ1) is 12.5. The highest BCUT2D eigenvalue weighted by atomic mass is 19.1. The van der Waals surface area contributed by atoms with E-state index in [-0.39, 0.29) is 17.8 Å². The van der Waals surface area contributed by atoms with E-state index in [9.17, 15) is 19.4 Å². The molecule has 0 fully saturated rings. The number of aliphatic hydroxyl groups is 2. The van der Waals surface area contributed by atoms with Gasteiger partial charge in [0, 0.05) is 0 Å². The fourth-order valence-corrected chi connectivity index (χ4v) is 1.24. The van der Waals surface area contributed by atoms with Gasteiger partial charge in [0.15, 0.2) is 0 Å².